The lowest BCUT2D eigenvalue weighted by Crippen LogP contribution is -2.00. The molecule has 1 aliphatic carbocycles. The Bertz CT molecular complexity index is 537. The minimum absolute atomic E-state index is 0.628. The van der Waals surface area contributed by atoms with Crippen LogP contribution < -0.4 is 5.32 Å². The minimum atomic E-state index is 0.628. The second-order valence-corrected chi connectivity index (χ2v) is 5.52. The van der Waals surface area contributed by atoms with Gasteiger partial charge >= 0.3 is 0 Å². The first-order chi connectivity index (χ1) is 9.26. The maximum absolute atomic E-state index is 4.31. The number of nitrogens with zero attached hydrogens (tertiary/aromatic N) is 1. The third kappa shape index (κ3) is 2.80. The van der Waals surface area contributed by atoms with E-state index in [1.54, 1.807) is 0 Å². The second-order valence-electron chi connectivity index (χ2n) is 5.52. The second kappa shape index (κ2) is 5.08. The quantitative estimate of drug-likeness (QED) is 0.842. The van der Waals surface area contributed by atoms with Gasteiger partial charge in [0.2, 0.25) is 0 Å². The fraction of sp³-hybridized carbons (Fsp3) is 0.438. The number of anilines is 1. The summed E-state index contributed by atoms with van der Waals surface area (Å²) in [6.07, 6.45) is 3.72. The SMILES string of the molecule is CCC(C)c1ccc(-c2cc(NC3CC3)n[nH]2)cc1. The van der Waals surface area contributed by atoms with E-state index in [-0.39, 0.29) is 0 Å². The topological polar surface area (TPSA) is 40.7 Å². The lowest BCUT2D eigenvalue weighted by atomic mass is 9.97. The van der Waals surface area contributed by atoms with Gasteiger partial charge in [-0.3, -0.25) is 5.10 Å². The minimum Gasteiger partial charge on any atom is -0.366 e. The average Bonchev–Trinajstić information content (AvgIpc) is 3.14. The summed E-state index contributed by atoms with van der Waals surface area (Å²) in [7, 11) is 0. The van der Waals surface area contributed by atoms with E-state index < -0.39 is 0 Å². The highest BCUT2D eigenvalue weighted by molar-refractivity contribution is 5.63. The molecule has 0 spiro atoms. The van der Waals surface area contributed by atoms with Gasteiger partial charge in [0.15, 0.2) is 0 Å². The first-order valence-corrected chi connectivity index (χ1v) is 7.18. The van der Waals surface area contributed by atoms with E-state index in [0.29, 0.717) is 12.0 Å². The van der Waals surface area contributed by atoms with Gasteiger partial charge < -0.3 is 5.32 Å². The number of aromatic nitrogens is 2. The zero-order valence-corrected chi connectivity index (χ0v) is 11.6. The number of benzene rings is 1. The summed E-state index contributed by atoms with van der Waals surface area (Å²) in [4.78, 5) is 0. The van der Waals surface area contributed by atoms with Crippen molar-refractivity contribution in [2.24, 2.45) is 0 Å². The number of H-pyrrole nitrogens is 1. The third-order valence-electron chi connectivity index (χ3n) is 3.91. The van der Waals surface area contributed by atoms with Crippen molar-refractivity contribution >= 4 is 5.82 Å². The highest BCUT2D eigenvalue weighted by Crippen LogP contribution is 2.27. The zero-order valence-electron chi connectivity index (χ0n) is 11.6. The van der Waals surface area contributed by atoms with Gasteiger partial charge in [-0.2, -0.15) is 5.10 Å². The molecule has 1 atom stereocenters. The molecule has 100 valence electrons. The fourth-order valence-electron chi connectivity index (χ4n) is 2.21. The molecule has 1 saturated carbocycles. The summed E-state index contributed by atoms with van der Waals surface area (Å²) in [5, 5.41) is 10.8. The largest absolute Gasteiger partial charge is 0.366 e. The molecular weight excluding hydrogens is 234 g/mol. The summed E-state index contributed by atoms with van der Waals surface area (Å²) in [6, 6.07) is 11.5. The van der Waals surface area contributed by atoms with Crippen molar-refractivity contribution in [1.29, 1.82) is 0 Å². The van der Waals surface area contributed by atoms with Gasteiger partial charge in [0.05, 0.1) is 5.69 Å². The van der Waals surface area contributed by atoms with E-state index in [1.807, 2.05) is 0 Å². The van der Waals surface area contributed by atoms with Gasteiger partial charge in [0.25, 0.3) is 0 Å². The van der Waals surface area contributed by atoms with Crippen LogP contribution in [-0.2, 0) is 0 Å². The lowest BCUT2D eigenvalue weighted by molar-refractivity contribution is 0.734. The van der Waals surface area contributed by atoms with E-state index >= 15 is 0 Å². The molecule has 3 heteroatoms. The van der Waals surface area contributed by atoms with Crippen LogP contribution in [0.15, 0.2) is 30.3 Å². The molecule has 1 aromatic carbocycles. The van der Waals surface area contributed by atoms with Crippen LogP contribution >= 0.6 is 0 Å². The Morgan fingerprint density at radius 2 is 2.05 bits per heavy atom. The van der Waals surface area contributed by atoms with E-state index in [9.17, 15) is 0 Å². The summed E-state index contributed by atoms with van der Waals surface area (Å²) in [6.45, 7) is 4.49. The predicted octanol–water partition coefficient (Wildman–Crippen LogP) is 4.16. The van der Waals surface area contributed by atoms with E-state index in [1.165, 1.54) is 30.4 Å². The highest BCUT2D eigenvalue weighted by atomic mass is 15.2. The Morgan fingerprint density at radius 1 is 1.32 bits per heavy atom. The molecule has 2 aromatic rings. The molecule has 3 rings (SSSR count). The monoisotopic (exact) mass is 255 g/mol. The molecule has 0 saturated heterocycles. The molecule has 2 N–H and O–H groups in total. The molecule has 1 unspecified atom stereocenters. The molecule has 1 fully saturated rings. The predicted molar refractivity (Wildman–Crippen MR) is 79.4 cm³/mol. The highest BCUT2D eigenvalue weighted by Gasteiger charge is 2.21. The lowest BCUT2D eigenvalue weighted by Gasteiger charge is -2.08. The van der Waals surface area contributed by atoms with Crippen LogP contribution in [0.2, 0.25) is 0 Å². The van der Waals surface area contributed by atoms with Crippen molar-refractivity contribution in [2.45, 2.75) is 45.1 Å². The standard InChI is InChI=1S/C16H21N3/c1-3-11(2)12-4-6-13(7-5-12)15-10-16(19-18-15)17-14-8-9-14/h4-7,10-11,14H,3,8-9H2,1-2H3,(H2,17,18,19). The van der Waals surface area contributed by atoms with Crippen LogP contribution in [-0.4, -0.2) is 16.2 Å². The Hall–Kier alpha value is -1.77. The molecule has 1 heterocycles. The Labute approximate surface area is 114 Å². The molecule has 19 heavy (non-hydrogen) atoms. The van der Waals surface area contributed by atoms with Gasteiger partial charge in [-0.05, 0) is 36.3 Å². The van der Waals surface area contributed by atoms with Gasteiger partial charge in [0.1, 0.15) is 5.82 Å². The number of hydrogen-bond donors (Lipinski definition) is 2. The average molecular weight is 255 g/mol. The fourth-order valence-corrected chi connectivity index (χ4v) is 2.21. The summed E-state index contributed by atoms with van der Waals surface area (Å²) in [5.41, 5.74) is 3.68. The van der Waals surface area contributed by atoms with Crippen LogP contribution in [0, 0.1) is 0 Å². The molecule has 1 aliphatic rings. The van der Waals surface area contributed by atoms with Crippen molar-refractivity contribution in [2.75, 3.05) is 5.32 Å². The van der Waals surface area contributed by atoms with Crippen molar-refractivity contribution in [3.05, 3.63) is 35.9 Å². The summed E-state index contributed by atoms with van der Waals surface area (Å²) in [5.74, 6) is 1.59. The van der Waals surface area contributed by atoms with Gasteiger partial charge in [-0.1, -0.05) is 38.1 Å². The Morgan fingerprint density at radius 3 is 2.68 bits per heavy atom. The summed E-state index contributed by atoms with van der Waals surface area (Å²) >= 11 is 0. The van der Waals surface area contributed by atoms with Crippen LogP contribution in [0.1, 0.15) is 44.6 Å². The van der Waals surface area contributed by atoms with Crippen LogP contribution in [0.4, 0.5) is 5.82 Å². The van der Waals surface area contributed by atoms with Crippen molar-refractivity contribution in [3.63, 3.8) is 0 Å². The van der Waals surface area contributed by atoms with Gasteiger partial charge in [-0.15, -0.1) is 0 Å². The van der Waals surface area contributed by atoms with Gasteiger partial charge in [0, 0.05) is 12.1 Å². The van der Waals surface area contributed by atoms with Crippen molar-refractivity contribution in [1.82, 2.24) is 10.2 Å². The van der Waals surface area contributed by atoms with Crippen LogP contribution in [0.25, 0.3) is 11.3 Å². The first-order valence-electron chi connectivity index (χ1n) is 7.18. The number of aromatic amines is 1. The molecule has 3 nitrogen and oxygen atoms in total. The maximum Gasteiger partial charge on any atom is 0.148 e. The smallest absolute Gasteiger partial charge is 0.148 e. The number of nitrogens with one attached hydrogen (secondary N) is 2. The van der Waals surface area contributed by atoms with E-state index in [4.69, 9.17) is 0 Å². The molecule has 0 bridgehead atoms. The Kier molecular flexibility index (Phi) is 3.28. The maximum atomic E-state index is 4.31. The molecule has 0 radical (unpaired) electrons. The zero-order chi connectivity index (χ0) is 13.2. The Balaban J connectivity index is 1.75. The van der Waals surface area contributed by atoms with E-state index in [2.05, 4.69) is 59.7 Å². The number of rotatable bonds is 5. The molecular formula is C16H21N3. The normalized spacial score (nSPS) is 16.3. The summed E-state index contributed by atoms with van der Waals surface area (Å²) < 4.78 is 0. The molecule has 0 amide bonds. The molecule has 1 aromatic heterocycles. The van der Waals surface area contributed by atoms with Crippen LogP contribution in [0.5, 0.6) is 0 Å². The molecule has 0 aliphatic heterocycles. The number of hydrogen-bond acceptors (Lipinski definition) is 2. The van der Waals surface area contributed by atoms with Crippen molar-refractivity contribution < 1.29 is 0 Å². The van der Waals surface area contributed by atoms with Crippen molar-refractivity contribution in [3.8, 4) is 11.3 Å². The van der Waals surface area contributed by atoms with Gasteiger partial charge in [-0.25, -0.2) is 0 Å². The third-order valence-corrected chi connectivity index (χ3v) is 3.91. The van der Waals surface area contributed by atoms with E-state index in [0.717, 1.165) is 11.5 Å². The van der Waals surface area contributed by atoms with Crippen LogP contribution in [0.3, 0.4) is 0 Å². The first kappa shape index (κ1) is 12.3.